The normalized spacial score (nSPS) is 16.8. The van der Waals surface area contributed by atoms with Crippen molar-refractivity contribution in [3.05, 3.63) is 29.7 Å². The third-order valence-electron chi connectivity index (χ3n) is 4.75. The highest BCUT2D eigenvalue weighted by Gasteiger charge is 2.35. The molecular formula is C17H17F4N5. The van der Waals surface area contributed by atoms with E-state index in [1.165, 1.54) is 0 Å². The fraction of sp³-hybridized carbons (Fsp3) is 0.412. The molecule has 0 radical (unpaired) electrons. The molecule has 1 aromatic carbocycles. The van der Waals surface area contributed by atoms with E-state index < -0.39 is 17.6 Å². The lowest BCUT2D eigenvalue weighted by molar-refractivity contribution is -0.139. The zero-order valence-corrected chi connectivity index (χ0v) is 14.3. The van der Waals surface area contributed by atoms with Gasteiger partial charge in [0.05, 0.1) is 11.1 Å². The summed E-state index contributed by atoms with van der Waals surface area (Å²) in [6.07, 6.45) is -3.11. The molecule has 1 aliphatic rings. The highest BCUT2D eigenvalue weighted by atomic mass is 19.4. The number of rotatable bonds is 1. The van der Waals surface area contributed by atoms with E-state index in [-0.39, 0.29) is 10.9 Å². The van der Waals surface area contributed by atoms with Crippen LogP contribution in [0.15, 0.2) is 18.3 Å². The van der Waals surface area contributed by atoms with E-state index in [9.17, 15) is 17.6 Å². The Balaban J connectivity index is 1.96. The minimum absolute atomic E-state index is 0.199. The smallest absolute Gasteiger partial charge is 0.352 e. The van der Waals surface area contributed by atoms with Crippen molar-refractivity contribution < 1.29 is 17.6 Å². The van der Waals surface area contributed by atoms with Crippen LogP contribution in [0.25, 0.3) is 21.8 Å². The first-order valence-electron chi connectivity index (χ1n) is 8.21. The van der Waals surface area contributed by atoms with E-state index in [1.54, 1.807) is 17.9 Å². The summed E-state index contributed by atoms with van der Waals surface area (Å²) in [7, 11) is 3.73. The molecule has 0 spiro atoms. The average Bonchev–Trinajstić information content (AvgIpc) is 2.95. The molecule has 5 nitrogen and oxygen atoms in total. The zero-order valence-electron chi connectivity index (χ0n) is 14.3. The fourth-order valence-electron chi connectivity index (χ4n) is 3.34. The lowest BCUT2D eigenvalue weighted by Crippen LogP contribution is -2.44. The number of halogens is 4. The van der Waals surface area contributed by atoms with Crippen molar-refractivity contribution in [3.63, 3.8) is 0 Å². The second-order valence-corrected chi connectivity index (χ2v) is 6.64. The number of nitrogens with zero attached hydrogens (tertiary/aromatic N) is 5. The first kappa shape index (κ1) is 17.0. The molecule has 2 aromatic heterocycles. The lowest BCUT2D eigenvalue weighted by atomic mass is 10.1. The Morgan fingerprint density at radius 3 is 2.35 bits per heavy atom. The minimum atomic E-state index is -4.76. The van der Waals surface area contributed by atoms with Gasteiger partial charge in [-0.25, -0.2) is 9.37 Å². The molecular weight excluding hydrogens is 350 g/mol. The first-order chi connectivity index (χ1) is 12.2. The molecule has 1 saturated heterocycles. The summed E-state index contributed by atoms with van der Waals surface area (Å²) < 4.78 is 54.9. The lowest BCUT2D eigenvalue weighted by Gasteiger charge is -2.33. The van der Waals surface area contributed by atoms with Gasteiger partial charge >= 0.3 is 6.18 Å². The largest absolute Gasteiger partial charge is 0.419 e. The Morgan fingerprint density at radius 1 is 1.00 bits per heavy atom. The predicted octanol–water partition coefficient (Wildman–Crippen LogP) is 3.03. The summed E-state index contributed by atoms with van der Waals surface area (Å²) >= 11 is 0. The van der Waals surface area contributed by atoms with Gasteiger partial charge in [-0.05, 0) is 13.1 Å². The molecule has 1 fully saturated rings. The van der Waals surface area contributed by atoms with Crippen LogP contribution >= 0.6 is 0 Å². The standard InChI is InChI=1S/C17H17F4N5/c1-24-3-5-26(6-4-24)16-15-11(9-25(2)23-15)10-7-12(17(19,20)21)13(18)8-14(10)22-16/h7-9H,3-6H2,1-2H3. The van der Waals surface area contributed by atoms with Crippen LogP contribution in [0.2, 0.25) is 0 Å². The van der Waals surface area contributed by atoms with Crippen molar-refractivity contribution in [1.82, 2.24) is 19.7 Å². The van der Waals surface area contributed by atoms with Crippen LogP contribution < -0.4 is 4.90 Å². The molecule has 26 heavy (non-hydrogen) atoms. The fourth-order valence-corrected chi connectivity index (χ4v) is 3.34. The third-order valence-corrected chi connectivity index (χ3v) is 4.75. The number of aromatic nitrogens is 3. The van der Waals surface area contributed by atoms with E-state index in [2.05, 4.69) is 15.0 Å². The Hall–Kier alpha value is -2.42. The van der Waals surface area contributed by atoms with Crippen molar-refractivity contribution in [3.8, 4) is 0 Å². The van der Waals surface area contributed by atoms with Crippen LogP contribution in [0.4, 0.5) is 23.4 Å². The van der Waals surface area contributed by atoms with Crippen molar-refractivity contribution in [2.45, 2.75) is 6.18 Å². The van der Waals surface area contributed by atoms with E-state index in [4.69, 9.17) is 0 Å². The summed E-state index contributed by atoms with van der Waals surface area (Å²) in [4.78, 5) is 8.70. The molecule has 0 unspecified atom stereocenters. The molecule has 138 valence electrons. The molecule has 0 bridgehead atoms. The van der Waals surface area contributed by atoms with Crippen LogP contribution in [-0.2, 0) is 13.2 Å². The second-order valence-electron chi connectivity index (χ2n) is 6.64. The Morgan fingerprint density at radius 2 is 1.69 bits per heavy atom. The molecule has 0 amide bonds. The van der Waals surface area contributed by atoms with Crippen molar-refractivity contribution >= 4 is 27.6 Å². The maximum atomic E-state index is 14.0. The van der Waals surface area contributed by atoms with Gasteiger partial charge in [0, 0.05) is 56.3 Å². The molecule has 0 atom stereocenters. The second kappa shape index (κ2) is 5.80. The monoisotopic (exact) mass is 367 g/mol. The van der Waals surface area contributed by atoms with Gasteiger partial charge in [0.25, 0.3) is 0 Å². The number of benzene rings is 1. The minimum Gasteiger partial charge on any atom is -0.352 e. The Bertz CT molecular complexity index is 986. The Labute approximate surface area is 146 Å². The zero-order chi connectivity index (χ0) is 18.6. The van der Waals surface area contributed by atoms with E-state index in [1.807, 2.05) is 11.9 Å². The van der Waals surface area contributed by atoms with Gasteiger partial charge in [-0.2, -0.15) is 18.3 Å². The number of likely N-dealkylation sites (N-methyl/N-ethyl adjacent to an activating group) is 1. The average molecular weight is 367 g/mol. The Kier molecular flexibility index (Phi) is 3.80. The van der Waals surface area contributed by atoms with Gasteiger partial charge in [0.2, 0.25) is 0 Å². The molecule has 3 heterocycles. The summed E-state index contributed by atoms with van der Waals surface area (Å²) in [5, 5.41) is 5.18. The first-order valence-corrected chi connectivity index (χ1v) is 8.21. The van der Waals surface area contributed by atoms with Gasteiger partial charge in [-0.1, -0.05) is 0 Å². The van der Waals surface area contributed by atoms with E-state index in [0.717, 1.165) is 38.3 Å². The van der Waals surface area contributed by atoms with Crippen molar-refractivity contribution in [2.24, 2.45) is 7.05 Å². The summed E-state index contributed by atoms with van der Waals surface area (Å²) in [6, 6.07) is 1.69. The quantitative estimate of drug-likeness (QED) is 0.620. The van der Waals surface area contributed by atoms with Gasteiger partial charge in [0.15, 0.2) is 5.82 Å². The highest BCUT2D eigenvalue weighted by molar-refractivity contribution is 6.08. The predicted molar refractivity (Wildman–Crippen MR) is 90.7 cm³/mol. The molecule has 0 N–H and O–H groups in total. The number of aryl methyl sites for hydroxylation is 1. The molecule has 1 aliphatic heterocycles. The highest BCUT2D eigenvalue weighted by Crippen LogP contribution is 2.37. The molecule has 0 saturated carbocycles. The summed E-state index contributed by atoms with van der Waals surface area (Å²) in [6.45, 7) is 3.14. The van der Waals surface area contributed by atoms with E-state index in [0.29, 0.717) is 16.7 Å². The molecule has 3 aromatic rings. The number of fused-ring (bicyclic) bond motifs is 3. The molecule has 4 rings (SSSR count). The number of piperazine rings is 1. The van der Waals surface area contributed by atoms with Gasteiger partial charge in [0.1, 0.15) is 11.3 Å². The summed E-state index contributed by atoms with van der Waals surface area (Å²) in [5.74, 6) is -0.731. The number of anilines is 1. The number of alkyl halides is 3. The van der Waals surface area contributed by atoms with Gasteiger partial charge < -0.3 is 9.80 Å². The maximum Gasteiger partial charge on any atom is 0.419 e. The molecule has 9 heteroatoms. The summed E-state index contributed by atoms with van der Waals surface area (Å²) in [5.41, 5.74) is -0.557. The number of pyridine rings is 1. The van der Waals surface area contributed by atoms with Crippen molar-refractivity contribution in [1.29, 1.82) is 0 Å². The molecule has 0 aliphatic carbocycles. The maximum absolute atomic E-state index is 14.0. The SMILES string of the molecule is CN1CCN(c2nc3cc(F)c(C(F)(F)F)cc3c3cn(C)nc23)CC1. The van der Waals surface area contributed by atoms with Gasteiger partial charge in [-0.15, -0.1) is 0 Å². The van der Waals surface area contributed by atoms with Crippen LogP contribution in [0.5, 0.6) is 0 Å². The van der Waals surface area contributed by atoms with Crippen LogP contribution in [0.3, 0.4) is 0 Å². The van der Waals surface area contributed by atoms with Crippen molar-refractivity contribution in [2.75, 3.05) is 38.1 Å². The van der Waals surface area contributed by atoms with Gasteiger partial charge in [-0.3, -0.25) is 4.68 Å². The van der Waals surface area contributed by atoms with Crippen LogP contribution in [-0.4, -0.2) is 52.9 Å². The van der Waals surface area contributed by atoms with Crippen LogP contribution in [0.1, 0.15) is 5.56 Å². The van der Waals surface area contributed by atoms with E-state index >= 15 is 0 Å². The number of hydrogen-bond acceptors (Lipinski definition) is 4. The number of hydrogen-bond donors (Lipinski definition) is 0. The van der Waals surface area contributed by atoms with Crippen LogP contribution in [0, 0.1) is 5.82 Å². The third kappa shape index (κ3) is 2.76. The topological polar surface area (TPSA) is 37.2 Å².